The van der Waals surface area contributed by atoms with Crippen LogP contribution >= 0.6 is 11.8 Å². The fourth-order valence-electron chi connectivity index (χ4n) is 3.19. The zero-order valence-electron chi connectivity index (χ0n) is 13.7. The van der Waals surface area contributed by atoms with Gasteiger partial charge in [-0.25, -0.2) is 19.3 Å². The standard InChI is InChI=1S/C18H11FN6OS/c19-8-1-2-9-11(7-8)13-10(3-5-21-16(13)26)15-14(9)24-18(25-15)27-12-4-6-22-17(20)23-12/h1-7H,(H,21,26)(H,24,25)(H2,20,22,23). The van der Waals surface area contributed by atoms with Crippen LogP contribution < -0.4 is 11.3 Å². The second kappa shape index (κ2) is 5.78. The normalized spacial score (nSPS) is 11.6. The molecule has 0 aliphatic heterocycles. The summed E-state index contributed by atoms with van der Waals surface area (Å²) in [7, 11) is 0. The SMILES string of the molecule is Nc1nccc(Sc2nc3c4cc[nH]c(=O)c4c4cc(F)ccc4c3[nH]2)n1. The lowest BCUT2D eigenvalue weighted by molar-refractivity contribution is 0.630. The summed E-state index contributed by atoms with van der Waals surface area (Å²) in [6.45, 7) is 0. The lowest BCUT2D eigenvalue weighted by atomic mass is 10.0. The Morgan fingerprint density at radius 2 is 1.96 bits per heavy atom. The molecule has 0 spiro atoms. The van der Waals surface area contributed by atoms with Gasteiger partial charge in [0.25, 0.3) is 5.56 Å². The van der Waals surface area contributed by atoms with Crippen molar-refractivity contribution in [2.75, 3.05) is 5.73 Å². The molecule has 0 aliphatic carbocycles. The second-order valence-corrected chi connectivity index (χ2v) is 6.92. The van der Waals surface area contributed by atoms with E-state index >= 15 is 0 Å². The van der Waals surface area contributed by atoms with Crippen molar-refractivity contribution in [2.45, 2.75) is 10.2 Å². The van der Waals surface area contributed by atoms with E-state index in [-0.39, 0.29) is 11.5 Å². The highest BCUT2D eigenvalue weighted by Crippen LogP contribution is 2.35. The van der Waals surface area contributed by atoms with Crippen LogP contribution in [0.3, 0.4) is 0 Å². The largest absolute Gasteiger partial charge is 0.368 e. The van der Waals surface area contributed by atoms with Crippen molar-refractivity contribution in [3.05, 3.63) is 58.9 Å². The van der Waals surface area contributed by atoms with Crippen molar-refractivity contribution in [3.8, 4) is 0 Å². The average molecular weight is 378 g/mol. The second-order valence-electron chi connectivity index (χ2n) is 5.91. The number of imidazole rings is 1. The fraction of sp³-hybridized carbons (Fsp3) is 0. The number of nitrogens with zero attached hydrogens (tertiary/aromatic N) is 3. The fourth-order valence-corrected chi connectivity index (χ4v) is 3.94. The van der Waals surface area contributed by atoms with Gasteiger partial charge in [0.2, 0.25) is 5.95 Å². The summed E-state index contributed by atoms with van der Waals surface area (Å²) in [4.78, 5) is 31.0. The van der Waals surface area contributed by atoms with Gasteiger partial charge in [0, 0.05) is 28.6 Å². The van der Waals surface area contributed by atoms with Crippen LogP contribution in [0.4, 0.5) is 10.3 Å². The summed E-state index contributed by atoms with van der Waals surface area (Å²) in [6.07, 6.45) is 3.13. The molecule has 4 N–H and O–H groups in total. The van der Waals surface area contributed by atoms with E-state index in [1.165, 1.54) is 23.9 Å². The van der Waals surface area contributed by atoms with Gasteiger partial charge in [-0.3, -0.25) is 4.79 Å². The Hall–Kier alpha value is -3.46. The molecule has 0 unspecified atom stereocenters. The Morgan fingerprint density at radius 1 is 1.07 bits per heavy atom. The van der Waals surface area contributed by atoms with Crippen molar-refractivity contribution in [1.82, 2.24) is 24.9 Å². The minimum absolute atomic E-state index is 0.175. The first kappa shape index (κ1) is 15.8. The first-order valence-corrected chi connectivity index (χ1v) is 8.80. The van der Waals surface area contributed by atoms with E-state index in [0.29, 0.717) is 31.9 Å². The topological polar surface area (TPSA) is 113 Å². The van der Waals surface area contributed by atoms with E-state index in [9.17, 15) is 9.18 Å². The molecule has 5 aromatic rings. The monoisotopic (exact) mass is 378 g/mol. The molecule has 5 rings (SSSR count). The quantitative estimate of drug-likeness (QED) is 0.321. The van der Waals surface area contributed by atoms with Crippen LogP contribution in [0.5, 0.6) is 0 Å². The maximum atomic E-state index is 13.9. The van der Waals surface area contributed by atoms with E-state index in [2.05, 4.69) is 24.9 Å². The number of aromatic amines is 2. The first-order valence-electron chi connectivity index (χ1n) is 7.99. The number of hydrogen-bond acceptors (Lipinski definition) is 6. The van der Waals surface area contributed by atoms with Crippen LogP contribution in [-0.2, 0) is 0 Å². The molecule has 9 heteroatoms. The van der Waals surface area contributed by atoms with Gasteiger partial charge in [0.05, 0.1) is 16.4 Å². The van der Waals surface area contributed by atoms with Crippen molar-refractivity contribution >= 4 is 50.3 Å². The van der Waals surface area contributed by atoms with Gasteiger partial charge in [-0.2, -0.15) is 0 Å². The number of rotatable bonds is 2. The van der Waals surface area contributed by atoms with Crippen LogP contribution in [0.15, 0.2) is 57.7 Å². The first-order chi connectivity index (χ1) is 13.1. The molecule has 27 heavy (non-hydrogen) atoms. The molecule has 3 aromatic heterocycles. The highest BCUT2D eigenvalue weighted by atomic mass is 32.2. The summed E-state index contributed by atoms with van der Waals surface area (Å²) < 4.78 is 13.9. The number of halogens is 1. The number of nitrogens with two attached hydrogens (primary N) is 1. The average Bonchev–Trinajstić information content (AvgIpc) is 3.05. The van der Waals surface area contributed by atoms with Gasteiger partial charge in [0.1, 0.15) is 10.8 Å². The molecule has 7 nitrogen and oxygen atoms in total. The molecule has 0 atom stereocenters. The molecule has 0 radical (unpaired) electrons. The third-order valence-corrected chi connectivity index (χ3v) is 5.09. The van der Waals surface area contributed by atoms with Crippen molar-refractivity contribution in [1.29, 1.82) is 0 Å². The maximum Gasteiger partial charge on any atom is 0.256 e. The minimum atomic E-state index is -0.406. The number of anilines is 1. The molecule has 0 saturated carbocycles. The van der Waals surface area contributed by atoms with Crippen molar-refractivity contribution in [2.24, 2.45) is 0 Å². The molecule has 0 bridgehead atoms. The Balaban J connectivity index is 1.84. The van der Waals surface area contributed by atoms with Gasteiger partial charge in [-0.05, 0) is 42.1 Å². The number of fused-ring (bicyclic) bond motifs is 6. The number of hydrogen-bond donors (Lipinski definition) is 3. The van der Waals surface area contributed by atoms with E-state index in [0.717, 1.165) is 10.9 Å². The Kier molecular flexibility index (Phi) is 3.37. The molecular formula is C18H11FN6OS. The number of aromatic nitrogens is 5. The van der Waals surface area contributed by atoms with Gasteiger partial charge >= 0.3 is 0 Å². The molecule has 3 heterocycles. The zero-order chi connectivity index (χ0) is 18.5. The number of nitrogen functional groups attached to an aromatic ring is 1. The van der Waals surface area contributed by atoms with Crippen molar-refractivity contribution in [3.63, 3.8) is 0 Å². The third-order valence-electron chi connectivity index (χ3n) is 4.27. The molecular weight excluding hydrogens is 367 g/mol. The lowest BCUT2D eigenvalue weighted by Gasteiger charge is -2.05. The summed E-state index contributed by atoms with van der Waals surface area (Å²) in [5, 5.41) is 3.54. The van der Waals surface area contributed by atoms with E-state index in [4.69, 9.17) is 5.73 Å². The summed E-state index contributed by atoms with van der Waals surface area (Å²) in [5.41, 5.74) is 6.71. The van der Waals surface area contributed by atoms with Crippen LogP contribution in [0, 0.1) is 5.82 Å². The predicted molar refractivity (Wildman–Crippen MR) is 102 cm³/mol. The van der Waals surface area contributed by atoms with Crippen LogP contribution in [0.1, 0.15) is 0 Å². The van der Waals surface area contributed by atoms with Crippen LogP contribution in [0.25, 0.3) is 32.6 Å². The molecule has 132 valence electrons. The predicted octanol–water partition coefficient (Wildman–Crippen LogP) is 3.22. The molecule has 0 saturated heterocycles. The molecule has 0 fully saturated rings. The smallest absolute Gasteiger partial charge is 0.256 e. The Bertz CT molecular complexity index is 1410. The van der Waals surface area contributed by atoms with Crippen molar-refractivity contribution < 1.29 is 4.39 Å². The Labute approximate surface area is 154 Å². The van der Waals surface area contributed by atoms with Crippen LogP contribution in [-0.4, -0.2) is 24.9 Å². The number of benzene rings is 2. The highest BCUT2D eigenvalue weighted by Gasteiger charge is 2.16. The molecule has 2 aromatic carbocycles. The van der Waals surface area contributed by atoms with Gasteiger partial charge in [0.15, 0.2) is 5.16 Å². The van der Waals surface area contributed by atoms with E-state index in [1.54, 1.807) is 30.6 Å². The van der Waals surface area contributed by atoms with Crippen LogP contribution in [0.2, 0.25) is 0 Å². The van der Waals surface area contributed by atoms with Gasteiger partial charge in [-0.1, -0.05) is 0 Å². The highest BCUT2D eigenvalue weighted by molar-refractivity contribution is 7.99. The summed E-state index contributed by atoms with van der Waals surface area (Å²) >= 11 is 1.29. The minimum Gasteiger partial charge on any atom is -0.368 e. The van der Waals surface area contributed by atoms with E-state index in [1.807, 2.05) is 0 Å². The number of H-pyrrole nitrogens is 2. The zero-order valence-corrected chi connectivity index (χ0v) is 14.5. The van der Waals surface area contributed by atoms with E-state index < -0.39 is 5.82 Å². The number of nitrogens with one attached hydrogen (secondary N) is 2. The lowest BCUT2D eigenvalue weighted by Crippen LogP contribution is -2.05. The van der Waals surface area contributed by atoms with Gasteiger partial charge in [-0.15, -0.1) is 0 Å². The Morgan fingerprint density at radius 3 is 2.81 bits per heavy atom. The maximum absolute atomic E-state index is 13.9. The molecule has 0 aliphatic rings. The number of pyridine rings is 1. The summed E-state index contributed by atoms with van der Waals surface area (Å²) in [6, 6.07) is 7.87. The van der Waals surface area contributed by atoms with Gasteiger partial charge < -0.3 is 15.7 Å². The summed E-state index contributed by atoms with van der Waals surface area (Å²) in [5.74, 6) is -0.231. The molecule has 0 amide bonds. The third kappa shape index (κ3) is 2.51.